The molecule has 3 N–H and O–H groups in total. The molecule has 0 saturated heterocycles. The monoisotopic (exact) mass is 464 g/mol. The number of sulfonamides is 1. The lowest BCUT2D eigenvalue weighted by Gasteiger charge is -2.18. The second-order valence-corrected chi connectivity index (χ2v) is 9.96. The number of carbonyl (C=O) groups excluding carboxylic acids is 1. The van der Waals surface area contributed by atoms with Gasteiger partial charge >= 0.3 is 0 Å². The summed E-state index contributed by atoms with van der Waals surface area (Å²) in [5.41, 5.74) is 3.60. The quantitative estimate of drug-likeness (QED) is 0.574. The predicted molar refractivity (Wildman–Crippen MR) is 125 cm³/mol. The minimum absolute atomic E-state index is 0.0521. The number of nitrogens with one attached hydrogen (secondary N) is 1. The molecule has 5 rings (SSSR count). The molecular formula is C25H24N2O5S. The van der Waals surface area contributed by atoms with Crippen molar-refractivity contribution >= 4 is 21.6 Å². The van der Waals surface area contributed by atoms with E-state index >= 15 is 0 Å². The Balaban J connectivity index is 1.45. The number of fused-ring (bicyclic) bond motifs is 1. The number of anilines is 1. The van der Waals surface area contributed by atoms with Crippen molar-refractivity contribution in [1.29, 1.82) is 0 Å². The van der Waals surface area contributed by atoms with Crippen molar-refractivity contribution in [2.45, 2.75) is 36.5 Å². The summed E-state index contributed by atoms with van der Waals surface area (Å²) < 4.78 is 34.5. The lowest BCUT2D eigenvalue weighted by Crippen LogP contribution is -2.27. The Morgan fingerprint density at radius 3 is 2.55 bits per heavy atom. The molecule has 1 aliphatic carbocycles. The van der Waals surface area contributed by atoms with E-state index in [-0.39, 0.29) is 17.6 Å². The van der Waals surface area contributed by atoms with Gasteiger partial charge in [0.1, 0.15) is 0 Å². The first-order valence-electron chi connectivity index (χ1n) is 10.8. The summed E-state index contributed by atoms with van der Waals surface area (Å²) in [5, 5.41) is 8.38. The van der Waals surface area contributed by atoms with Crippen molar-refractivity contribution in [2.75, 3.05) is 12.1 Å². The maximum Gasteiger partial charge on any atom is 0.238 e. The number of amides is 1. The molecule has 7 nitrogen and oxygen atoms in total. The largest absolute Gasteiger partial charge is 0.454 e. The number of nitrogens with two attached hydrogens (primary N) is 1. The van der Waals surface area contributed by atoms with Crippen LogP contribution in [-0.2, 0) is 26.7 Å². The fraction of sp³-hybridized carbons (Fsp3) is 0.240. The first-order chi connectivity index (χ1) is 15.8. The minimum Gasteiger partial charge on any atom is -0.454 e. The minimum atomic E-state index is -3.82. The summed E-state index contributed by atoms with van der Waals surface area (Å²) in [7, 11) is -3.82. The summed E-state index contributed by atoms with van der Waals surface area (Å²) in [6.45, 7) is 2.22. The third-order valence-corrected chi connectivity index (χ3v) is 7.24. The standard InChI is InChI=1S/C25H24N2O5S/c1-2-16-6-8-19(14-21(16)17-4-3-5-20(12-17)33(26,29)30)27-24(28)25(10-11-25)18-7-9-22-23(13-18)32-15-31-22/h3-9,12-14H,2,10-11,15H2,1H3,(H,27,28)(H2,26,29,30). The van der Waals surface area contributed by atoms with Gasteiger partial charge < -0.3 is 14.8 Å². The molecular weight excluding hydrogens is 440 g/mol. The molecule has 170 valence electrons. The molecule has 0 spiro atoms. The number of ether oxygens (including phenoxy) is 2. The Hall–Kier alpha value is -3.36. The van der Waals surface area contributed by atoms with Crippen LogP contribution in [0.1, 0.15) is 30.9 Å². The van der Waals surface area contributed by atoms with Crippen LogP contribution in [0.3, 0.4) is 0 Å². The first-order valence-corrected chi connectivity index (χ1v) is 12.3. The number of aryl methyl sites for hydroxylation is 1. The van der Waals surface area contributed by atoms with Crippen molar-refractivity contribution < 1.29 is 22.7 Å². The SMILES string of the molecule is CCc1ccc(NC(=O)C2(c3ccc4c(c3)OCO4)CC2)cc1-c1cccc(S(N)(=O)=O)c1. The maximum atomic E-state index is 13.3. The molecule has 8 heteroatoms. The van der Waals surface area contributed by atoms with E-state index in [2.05, 4.69) is 5.32 Å². The zero-order chi connectivity index (χ0) is 23.2. The third kappa shape index (κ3) is 3.96. The second kappa shape index (κ2) is 7.90. The zero-order valence-corrected chi connectivity index (χ0v) is 18.9. The molecule has 0 bridgehead atoms. The van der Waals surface area contributed by atoms with Crippen molar-refractivity contribution in [3.8, 4) is 22.6 Å². The van der Waals surface area contributed by atoms with E-state index in [0.29, 0.717) is 17.2 Å². The van der Waals surface area contributed by atoms with Crippen molar-refractivity contribution in [3.63, 3.8) is 0 Å². The van der Waals surface area contributed by atoms with Gasteiger partial charge in [0.05, 0.1) is 10.3 Å². The average molecular weight is 465 g/mol. The van der Waals surface area contributed by atoms with Gasteiger partial charge in [-0.25, -0.2) is 13.6 Å². The van der Waals surface area contributed by atoms with Gasteiger partial charge in [0.15, 0.2) is 11.5 Å². The Bertz CT molecular complexity index is 1360. The van der Waals surface area contributed by atoms with Crippen LogP contribution in [0, 0.1) is 0 Å². The van der Waals surface area contributed by atoms with Gasteiger partial charge in [-0.15, -0.1) is 0 Å². The van der Waals surface area contributed by atoms with Gasteiger partial charge in [-0.3, -0.25) is 4.79 Å². The Kier molecular flexibility index (Phi) is 5.14. The highest BCUT2D eigenvalue weighted by Crippen LogP contribution is 2.51. The highest BCUT2D eigenvalue weighted by Gasteiger charge is 2.51. The van der Waals surface area contributed by atoms with Crippen LogP contribution >= 0.6 is 0 Å². The van der Waals surface area contributed by atoms with Crippen LogP contribution in [-0.4, -0.2) is 21.1 Å². The Labute approximate surface area is 192 Å². The number of carbonyl (C=O) groups is 1. The number of benzene rings is 3. The number of hydrogen-bond acceptors (Lipinski definition) is 5. The molecule has 0 radical (unpaired) electrons. The molecule has 33 heavy (non-hydrogen) atoms. The summed E-state index contributed by atoms with van der Waals surface area (Å²) in [6, 6.07) is 17.9. The van der Waals surface area contributed by atoms with E-state index in [0.717, 1.165) is 41.5 Å². The third-order valence-electron chi connectivity index (χ3n) is 6.33. The van der Waals surface area contributed by atoms with Crippen molar-refractivity contribution in [3.05, 3.63) is 71.8 Å². The molecule has 3 aromatic carbocycles. The van der Waals surface area contributed by atoms with E-state index in [1.165, 1.54) is 6.07 Å². The average Bonchev–Trinajstić information content (AvgIpc) is 3.49. The Morgan fingerprint density at radius 2 is 1.82 bits per heavy atom. The van der Waals surface area contributed by atoms with E-state index < -0.39 is 15.4 Å². The van der Waals surface area contributed by atoms with Gasteiger partial charge in [-0.05, 0) is 77.9 Å². The molecule has 0 atom stereocenters. The highest BCUT2D eigenvalue weighted by molar-refractivity contribution is 7.89. The van der Waals surface area contributed by atoms with Crippen LogP contribution in [0.2, 0.25) is 0 Å². The Morgan fingerprint density at radius 1 is 1.03 bits per heavy atom. The van der Waals surface area contributed by atoms with Crippen LogP contribution in [0.4, 0.5) is 5.69 Å². The van der Waals surface area contributed by atoms with Crippen LogP contribution in [0.25, 0.3) is 11.1 Å². The van der Waals surface area contributed by atoms with Gasteiger partial charge in [-0.2, -0.15) is 0 Å². The lowest BCUT2D eigenvalue weighted by molar-refractivity contribution is -0.118. The molecule has 1 amide bonds. The van der Waals surface area contributed by atoms with Gasteiger partial charge in [-0.1, -0.05) is 31.2 Å². The normalized spacial score (nSPS) is 15.8. The van der Waals surface area contributed by atoms with Gasteiger partial charge in [0, 0.05) is 5.69 Å². The number of primary sulfonamides is 1. The zero-order valence-electron chi connectivity index (χ0n) is 18.1. The summed E-state index contributed by atoms with van der Waals surface area (Å²) >= 11 is 0. The van der Waals surface area contributed by atoms with E-state index in [1.54, 1.807) is 12.1 Å². The molecule has 3 aromatic rings. The van der Waals surface area contributed by atoms with Crippen LogP contribution < -0.4 is 19.9 Å². The van der Waals surface area contributed by atoms with Crippen LogP contribution in [0.5, 0.6) is 11.5 Å². The predicted octanol–water partition coefficient (Wildman–Crippen LogP) is 3.96. The summed E-state index contributed by atoms with van der Waals surface area (Å²) in [4.78, 5) is 13.4. The number of hydrogen-bond donors (Lipinski definition) is 2. The molecule has 1 fully saturated rings. The fourth-order valence-electron chi connectivity index (χ4n) is 4.29. The summed E-state index contributed by atoms with van der Waals surface area (Å²) in [6.07, 6.45) is 2.27. The topological polar surface area (TPSA) is 108 Å². The van der Waals surface area contributed by atoms with Crippen LogP contribution in [0.15, 0.2) is 65.6 Å². The smallest absolute Gasteiger partial charge is 0.238 e. The lowest BCUT2D eigenvalue weighted by atomic mass is 9.93. The van der Waals surface area contributed by atoms with Crippen molar-refractivity contribution in [1.82, 2.24) is 0 Å². The fourth-order valence-corrected chi connectivity index (χ4v) is 4.85. The number of rotatable bonds is 6. The van der Waals surface area contributed by atoms with Crippen molar-refractivity contribution in [2.24, 2.45) is 5.14 Å². The molecule has 1 heterocycles. The molecule has 2 aliphatic rings. The first kappa shape index (κ1) is 21.5. The molecule has 0 aromatic heterocycles. The second-order valence-electron chi connectivity index (χ2n) is 8.40. The maximum absolute atomic E-state index is 13.3. The van der Waals surface area contributed by atoms with Gasteiger partial charge in [0.2, 0.25) is 22.7 Å². The molecule has 1 aliphatic heterocycles. The summed E-state index contributed by atoms with van der Waals surface area (Å²) in [5.74, 6) is 1.28. The highest BCUT2D eigenvalue weighted by atomic mass is 32.2. The van der Waals surface area contributed by atoms with E-state index in [1.807, 2.05) is 49.4 Å². The van der Waals surface area contributed by atoms with Gasteiger partial charge in [0.25, 0.3) is 0 Å². The van der Waals surface area contributed by atoms with E-state index in [4.69, 9.17) is 14.6 Å². The van der Waals surface area contributed by atoms with E-state index in [9.17, 15) is 13.2 Å². The molecule has 1 saturated carbocycles. The molecule has 0 unspecified atom stereocenters.